The molecule has 7 heteroatoms. The van der Waals surface area contributed by atoms with Crippen LogP contribution in [0.25, 0.3) is 0 Å². The zero-order valence-corrected chi connectivity index (χ0v) is 10.5. The lowest BCUT2D eigenvalue weighted by Crippen LogP contribution is -2.04. The lowest BCUT2D eigenvalue weighted by atomic mass is 10.2. The highest BCUT2D eigenvalue weighted by molar-refractivity contribution is 7.90. The first-order valence-corrected chi connectivity index (χ1v) is 7.02. The number of hydrogen-bond donors (Lipinski definition) is 1. The van der Waals surface area contributed by atoms with E-state index in [0.717, 1.165) is 6.26 Å². The van der Waals surface area contributed by atoms with E-state index in [1.165, 1.54) is 35.3 Å². The molecule has 0 aliphatic heterocycles. The van der Waals surface area contributed by atoms with E-state index in [2.05, 4.69) is 5.10 Å². The van der Waals surface area contributed by atoms with E-state index in [1.54, 1.807) is 0 Å². The molecule has 5 nitrogen and oxygen atoms in total. The number of rotatable bonds is 3. The zero-order valence-electron chi connectivity index (χ0n) is 9.67. The average molecular weight is 269 g/mol. The third-order valence-corrected chi connectivity index (χ3v) is 3.54. The van der Waals surface area contributed by atoms with Crippen LogP contribution >= 0.6 is 0 Å². The molecule has 1 aromatic carbocycles. The first kappa shape index (κ1) is 12.6. The highest BCUT2D eigenvalue weighted by Crippen LogP contribution is 2.15. The molecule has 0 fully saturated rings. The van der Waals surface area contributed by atoms with Crippen LogP contribution in [0.2, 0.25) is 0 Å². The number of hydrogen-bond acceptors (Lipinski definition) is 4. The quantitative estimate of drug-likeness (QED) is 0.845. The molecule has 0 saturated carbocycles. The molecule has 0 aliphatic rings. The van der Waals surface area contributed by atoms with Crippen LogP contribution in [0.5, 0.6) is 0 Å². The molecule has 0 atom stereocenters. The van der Waals surface area contributed by atoms with Crippen LogP contribution in [0, 0.1) is 5.82 Å². The molecule has 2 rings (SSSR count). The Balaban J connectivity index is 2.29. The monoisotopic (exact) mass is 269 g/mol. The normalized spacial score (nSPS) is 11.7. The Labute approximate surface area is 104 Å². The summed E-state index contributed by atoms with van der Waals surface area (Å²) in [7, 11) is -3.28. The predicted molar refractivity (Wildman–Crippen MR) is 65.3 cm³/mol. The first-order valence-electron chi connectivity index (χ1n) is 5.12. The Morgan fingerprint density at radius 1 is 1.44 bits per heavy atom. The fourth-order valence-electron chi connectivity index (χ4n) is 1.51. The minimum Gasteiger partial charge on any atom is -0.398 e. The van der Waals surface area contributed by atoms with Gasteiger partial charge in [0.2, 0.25) is 0 Å². The van der Waals surface area contributed by atoms with Gasteiger partial charge in [-0.1, -0.05) is 0 Å². The molecule has 96 valence electrons. The van der Waals surface area contributed by atoms with Gasteiger partial charge in [0, 0.05) is 18.1 Å². The van der Waals surface area contributed by atoms with Crippen molar-refractivity contribution in [2.75, 3.05) is 12.0 Å². The Kier molecular flexibility index (Phi) is 3.08. The second kappa shape index (κ2) is 4.41. The van der Waals surface area contributed by atoms with Crippen LogP contribution in [-0.4, -0.2) is 24.5 Å². The Bertz CT molecular complexity index is 679. The molecule has 18 heavy (non-hydrogen) atoms. The maximum absolute atomic E-state index is 13.1. The van der Waals surface area contributed by atoms with Gasteiger partial charge >= 0.3 is 0 Å². The summed E-state index contributed by atoms with van der Waals surface area (Å²) in [5.74, 6) is -0.394. The van der Waals surface area contributed by atoms with Crippen molar-refractivity contribution in [2.24, 2.45) is 0 Å². The number of nitrogen functional groups attached to an aromatic ring is 1. The van der Waals surface area contributed by atoms with E-state index in [-0.39, 0.29) is 11.4 Å². The van der Waals surface area contributed by atoms with Gasteiger partial charge in [-0.05, 0) is 23.8 Å². The summed E-state index contributed by atoms with van der Waals surface area (Å²) in [6.07, 6.45) is 3.75. The van der Waals surface area contributed by atoms with Crippen molar-refractivity contribution in [3.63, 3.8) is 0 Å². The topological polar surface area (TPSA) is 78.0 Å². The van der Waals surface area contributed by atoms with Crippen LogP contribution in [0.4, 0.5) is 10.1 Å². The van der Waals surface area contributed by atoms with Crippen LogP contribution in [-0.2, 0) is 16.4 Å². The van der Waals surface area contributed by atoms with E-state index >= 15 is 0 Å². The van der Waals surface area contributed by atoms with Gasteiger partial charge in [-0.3, -0.25) is 4.68 Å². The van der Waals surface area contributed by atoms with Crippen LogP contribution < -0.4 is 5.73 Å². The molecule has 0 aliphatic carbocycles. The molecule has 1 heterocycles. The first-order chi connectivity index (χ1) is 8.36. The van der Waals surface area contributed by atoms with E-state index in [1.807, 2.05) is 0 Å². The molecular formula is C11H12FN3O2S. The Morgan fingerprint density at radius 2 is 2.17 bits per heavy atom. The molecule has 0 amide bonds. The largest absolute Gasteiger partial charge is 0.398 e. The van der Waals surface area contributed by atoms with Crippen molar-refractivity contribution < 1.29 is 12.8 Å². The second-order valence-electron chi connectivity index (χ2n) is 3.99. The van der Waals surface area contributed by atoms with Crippen molar-refractivity contribution >= 4 is 15.5 Å². The van der Waals surface area contributed by atoms with Crippen molar-refractivity contribution in [3.8, 4) is 0 Å². The van der Waals surface area contributed by atoms with Crippen molar-refractivity contribution in [2.45, 2.75) is 11.4 Å². The minimum absolute atomic E-state index is 0.123. The molecule has 2 N–H and O–H groups in total. The fourth-order valence-corrected chi connectivity index (χ4v) is 2.06. The molecule has 1 aromatic heterocycles. The molecule has 0 saturated heterocycles. The Morgan fingerprint density at radius 3 is 2.78 bits per heavy atom. The van der Waals surface area contributed by atoms with E-state index in [0.29, 0.717) is 11.3 Å². The van der Waals surface area contributed by atoms with Crippen LogP contribution in [0.1, 0.15) is 5.56 Å². The van der Waals surface area contributed by atoms with Crippen LogP contribution in [0.3, 0.4) is 0 Å². The third-order valence-electron chi connectivity index (χ3n) is 2.48. The summed E-state index contributed by atoms with van der Waals surface area (Å²) >= 11 is 0. The number of aromatic nitrogens is 2. The average Bonchev–Trinajstić information content (AvgIpc) is 2.71. The third kappa shape index (κ3) is 2.67. The summed E-state index contributed by atoms with van der Waals surface area (Å²) in [4.78, 5) is 0.123. The molecule has 0 spiro atoms. The van der Waals surface area contributed by atoms with Crippen LogP contribution in [0.15, 0.2) is 35.5 Å². The number of nitrogens with two attached hydrogens (primary N) is 1. The van der Waals surface area contributed by atoms with Gasteiger partial charge in [0.05, 0.1) is 12.7 Å². The summed E-state index contributed by atoms with van der Waals surface area (Å²) in [5.41, 5.74) is 6.70. The minimum atomic E-state index is -3.28. The molecule has 0 radical (unpaired) electrons. The fraction of sp³-hybridized carbons (Fsp3) is 0.182. The number of sulfone groups is 1. The van der Waals surface area contributed by atoms with E-state index < -0.39 is 15.7 Å². The number of anilines is 1. The maximum atomic E-state index is 13.1. The number of halogens is 1. The summed E-state index contributed by atoms with van der Waals surface area (Å²) in [6, 6.07) is 4.03. The van der Waals surface area contributed by atoms with Gasteiger partial charge in [0.15, 0.2) is 9.84 Å². The van der Waals surface area contributed by atoms with Gasteiger partial charge in [0.1, 0.15) is 10.7 Å². The zero-order chi connectivity index (χ0) is 13.3. The predicted octanol–water partition coefficient (Wildman–Crippen LogP) is 1.06. The van der Waals surface area contributed by atoms with Gasteiger partial charge in [-0.2, -0.15) is 5.10 Å². The molecular weight excluding hydrogens is 257 g/mol. The Hall–Kier alpha value is -1.89. The van der Waals surface area contributed by atoms with Crippen molar-refractivity contribution in [1.29, 1.82) is 0 Å². The molecule has 0 unspecified atom stereocenters. The highest BCUT2D eigenvalue weighted by Gasteiger charge is 2.10. The van der Waals surface area contributed by atoms with Crippen molar-refractivity contribution in [3.05, 3.63) is 42.0 Å². The van der Waals surface area contributed by atoms with E-state index in [4.69, 9.17) is 5.73 Å². The van der Waals surface area contributed by atoms with E-state index in [9.17, 15) is 12.8 Å². The smallest absolute Gasteiger partial charge is 0.178 e. The summed E-state index contributed by atoms with van der Waals surface area (Å²) < 4.78 is 37.0. The van der Waals surface area contributed by atoms with Crippen molar-refractivity contribution in [1.82, 2.24) is 9.78 Å². The standard InChI is InChI=1S/C11H12FN3O2S/c1-18(16,17)10-5-14-15(7-10)6-8-4-9(12)2-3-11(8)13/h2-5,7H,6,13H2,1H3. The second-order valence-corrected chi connectivity index (χ2v) is 6.00. The van der Waals surface area contributed by atoms with Gasteiger partial charge in [-0.15, -0.1) is 0 Å². The summed E-state index contributed by atoms with van der Waals surface area (Å²) in [5, 5.41) is 3.91. The number of nitrogens with zero attached hydrogens (tertiary/aromatic N) is 2. The maximum Gasteiger partial charge on any atom is 0.178 e. The van der Waals surface area contributed by atoms with Gasteiger partial charge < -0.3 is 5.73 Å². The SMILES string of the molecule is CS(=O)(=O)c1cnn(Cc2cc(F)ccc2N)c1. The number of benzene rings is 1. The molecule has 2 aromatic rings. The van der Waals surface area contributed by atoms with Gasteiger partial charge in [-0.25, -0.2) is 12.8 Å². The van der Waals surface area contributed by atoms with Gasteiger partial charge in [0.25, 0.3) is 0 Å². The highest BCUT2D eigenvalue weighted by atomic mass is 32.2. The lowest BCUT2D eigenvalue weighted by molar-refractivity contribution is 0.601. The molecule has 0 bridgehead atoms. The lowest BCUT2D eigenvalue weighted by Gasteiger charge is -2.05. The summed E-state index contributed by atoms with van der Waals surface area (Å²) in [6.45, 7) is 0.221.